The Labute approximate surface area is 87.1 Å². The van der Waals surface area contributed by atoms with Crippen LogP contribution in [0.2, 0.25) is 0 Å². The summed E-state index contributed by atoms with van der Waals surface area (Å²) in [6.07, 6.45) is -1.78. The summed E-state index contributed by atoms with van der Waals surface area (Å²) in [6, 6.07) is 9.09. The molecule has 1 saturated carbocycles. The van der Waals surface area contributed by atoms with Crippen molar-refractivity contribution in [2.45, 2.75) is 22.2 Å². The van der Waals surface area contributed by atoms with E-state index < -0.39 is 20.8 Å². The minimum Gasteiger partial charge on any atom is -0.244 e. The molecule has 1 aromatic rings. The predicted octanol–water partition coefficient (Wildman–Crippen LogP) is 1.46. The number of rotatable bonds is 2. The summed E-state index contributed by atoms with van der Waals surface area (Å²) in [5.41, 5.74) is 0. The van der Waals surface area contributed by atoms with Crippen molar-refractivity contribution in [1.82, 2.24) is 0 Å². The third-order valence-corrected chi connectivity index (χ3v) is 4.92. The van der Waals surface area contributed by atoms with Crippen LogP contribution in [0.4, 0.5) is 4.39 Å². The molecular weight excluding hydrogens is 217 g/mol. The van der Waals surface area contributed by atoms with Crippen molar-refractivity contribution in [1.29, 1.82) is 5.26 Å². The largest absolute Gasteiger partial charge is 0.244 e. The topological polar surface area (TPSA) is 57.9 Å². The van der Waals surface area contributed by atoms with Crippen LogP contribution in [-0.4, -0.2) is 19.3 Å². The van der Waals surface area contributed by atoms with E-state index in [0.717, 1.165) is 0 Å². The van der Waals surface area contributed by atoms with Gasteiger partial charge >= 0.3 is 0 Å². The first-order valence-electron chi connectivity index (χ1n) is 4.39. The first-order chi connectivity index (χ1) is 7.04. The Morgan fingerprint density at radius 2 is 1.93 bits per heavy atom. The fourth-order valence-electron chi connectivity index (χ4n) is 1.47. The first kappa shape index (κ1) is 10.1. The quantitative estimate of drug-likeness (QED) is 0.765. The highest BCUT2D eigenvalue weighted by molar-refractivity contribution is 7.93. The van der Waals surface area contributed by atoms with E-state index in [1.165, 1.54) is 12.1 Å². The third kappa shape index (κ3) is 1.25. The van der Waals surface area contributed by atoms with Crippen LogP contribution in [0.5, 0.6) is 0 Å². The van der Waals surface area contributed by atoms with Gasteiger partial charge in [-0.25, -0.2) is 12.8 Å². The molecule has 1 fully saturated rings. The maximum Gasteiger partial charge on any atom is 0.200 e. The van der Waals surface area contributed by atoms with Gasteiger partial charge in [0.2, 0.25) is 0 Å². The Balaban J connectivity index is 2.52. The van der Waals surface area contributed by atoms with E-state index in [1.54, 1.807) is 24.3 Å². The second-order valence-electron chi connectivity index (χ2n) is 3.49. The summed E-state index contributed by atoms with van der Waals surface area (Å²) in [4.78, 5) is 0.00620. The Morgan fingerprint density at radius 1 is 1.40 bits per heavy atom. The normalized spacial score (nSPS) is 29.5. The number of nitriles is 1. The van der Waals surface area contributed by atoms with Gasteiger partial charge in [0, 0.05) is 6.42 Å². The molecule has 0 heterocycles. The highest BCUT2D eigenvalue weighted by Crippen LogP contribution is 2.48. The molecule has 0 spiro atoms. The molecule has 2 rings (SSSR count). The molecule has 0 bridgehead atoms. The van der Waals surface area contributed by atoms with Crippen molar-refractivity contribution >= 4 is 9.84 Å². The van der Waals surface area contributed by atoms with Gasteiger partial charge < -0.3 is 0 Å². The lowest BCUT2D eigenvalue weighted by Crippen LogP contribution is -2.24. The zero-order valence-corrected chi connectivity index (χ0v) is 8.54. The smallest absolute Gasteiger partial charge is 0.200 e. The highest BCUT2D eigenvalue weighted by atomic mass is 32.2. The van der Waals surface area contributed by atoms with Crippen molar-refractivity contribution in [2.75, 3.05) is 0 Å². The zero-order chi connectivity index (χ0) is 11.1. The molecule has 2 atom stereocenters. The first-order valence-corrected chi connectivity index (χ1v) is 5.88. The summed E-state index contributed by atoms with van der Waals surface area (Å²) < 4.78 is 35.0. The second kappa shape index (κ2) is 3.04. The Hall–Kier alpha value is -1.41. The van der Waals surface area contributed by atoms with Crippen molar-refractivity contribution < 1.29 is 12.8 Å². The molecule has 1 aliphatic rings. The fourth-order valence-corrected chi connectivity index (χ4v) is 3.23. The third-order valence-electron chi connectivity index (χ3n) is 2.55. The Bertz CT molecular complexity index is 520. The van der Waals surface area contributed by atoms with Crippen LogP contribution in [0.25, 0.3) is 0 Å². The van der Waals surface area contributed by atoms with Gasteiger partial charge in [0.1, 0.15) is 6.17 Å². The number of hydrogen-bond donors (Lipinski definition) is 0. The van der Waals surface area contributed by atoms with E-state index in [2.05, 4.69) is 0 Å². The maximum absolute atomic E-state index is 13.0. The molecular formula is C10H8FNO2S. The standard InChI is InChI=1S/C10H8FNO2S/c11-9-6-10(9,7-12)15(13,14)8-4-2-1-3-5-8/h1-5,9H,6H2/t9-,10+/m1/s1. The summed E-state index contributed by atoms with van der Waals surface area (Å²) >= 11 is 0. The predicted molar refractivity (Wildman–Crippen MR) is 51.5 cm³/mol. The number of alkyl halides is 1. The number of benzene rings is 1. The van der Waals surface area contributed by atoms with E-state index >= 15 is 0 Å². The van der Waals surface area contributed by atoms with Crippen LogP contribution in [0.3, 0.4) is 0 Å². The van der Waals surface area contributed by atoms with E-state index in [9.17, 15) is 12.8 Å². The lowest BCUT2D eigenvalue weighted by molar-refractivity contribution is 0.464. The van der Waals surface area contributed by atoms with E-state index in [0.29, 0.717) is 0 Å². The summed E-state index contributed by atoms with van der Waals surface area (Å²) in [5, 5.41) is 8.75. The minimum absolute atomic E-state index is 0.00620. The van der Waals surface area contributed by atoms with Gasteiger partial charge in [0.25, 0.3) is 0 Å². The highest BCUT2D eigenvalue weighted by Gasteiger charge is 2.66. The van der Waals surface area contributed by atoms with Gasteiger partial charge in [-0.3, -0.25) is 0 Å². The van der Waals surface area contributed by atoms with Crippen LogP contribution in [0.15, 0.2) is 35.2 Å². The molecule has 15 heavy (non-hydrogen) atoms. The lowest BCUT2D eigenvalue weighted by Gasteiger charge is -2.07. The number of nitrogens with zero attached hydrogens (tertiary/aromatic N) is 1. The van der Waals surface area contributed by atoms with Gasteiger partial charge in [-0.2, -0.15) is 5.26 Å². The van der Waals surface area contributed by atoms with Crippen molar-refractivity contribution in [3.63, 3.8) is 0 Å². The van der Waals surface area contributed by atoms with E-state index in [-0.39, 0.29) is 11.3 Å². The van der Waals surface area contributed by atoms with Crippen molar-refractivity contribution in [3.05, 3.63) is 30.3 Å². The molecule has 0 unspecified atom stereocenters. The Morgan fingerprint density at radius 3 is 2.33 bits per heavy atom. The van der Waals surface area contributed by atoms with Gasteiger partial charge in [-0.15, -0.1) is 0 Å². The van der Waals surface area contributed by atoms with Crippen LogP contribution in [0, 0.1) is 11.3 Å². The molecule has 0 amide bonds. The zero-order valence-electron chi connectivity index (χ0n) is 7.72. The SMILES string of the molecule is N#C[C@@]1(S(=O)(=O)c2ccccc2)C[C@H]1F. The molecule has 1 aromatic carbocycles. The molecule has 0 N–H and O–H groups in total. The second-order valence-corrected chi connectivity index (χ2v) is 5.70. The molecule has 78 valence electrons. The molecule has 0 aliphatic heterocycles. The average Bonchev–Trinajstić information content (AvgIpc) is 2.93. The summed E-state index contributed by atoms with van der Waals surface area (Å²) in [6.45, 7) is 0. The molecule has 0 saturated heterocycles. The molecule has 5 heteroatoms. The minimum atomic E-state index is -3.86. The van der Waals surface area contributed by atoms with Crippen LogP contribution < -0.4 is 0 Å². The molecule has 1 aliphatic carbocycles. The van der Waals surface area contributed by atoms with Crippen LogP contribution in [0.1, 0.15) is 6.42 Å². The van der Waals surface area contributed by atoms with Crippen molar-refractivity contribution in [2.24, 2.45) is 0 Å². The average molecular weight is 225 g/mol. The number of hydrogen-bond acceptors (Lipinski definition) is 3. The summed E-state index contributed by atoms with van der Waals surface area (Å²) in [5.74, 6) is 0. The Kier molecular flexibility index (Phi) is 2.05. The maximum atomic E-state index is 13.0. The lowest BCUT2D eigenvalue weighted by atomic mass is 10.4. The molecule has 3 nitrogen and oxygen atoms in total. The van der Waals surface area contributed by atoms with Gasteiger partial charge in [0.05, 0.1) is 11.0 Å². The van der Waals surface area contributed by atoms with Gasteiger partial charge in [0.15, 0.2) is 14.6 Å². The molecule has 0 radical (unpaired) electrons. The van der Waals surface area contributed by atoms with Gasteiger partial charge in [-0.1, -0.05) is 18.2 Å². The molecule has 0 aromatic heterocycles. The van der Waals surface area contributed by atoms with Gasteiger partial charge in [-0.05, 0) is 12.1 Å². The monoisotopic (exact) mass is 225 g/mol. The summed E-state index contributed by atoms with van der Waals surface area (Å²) in [7, 11) is -3.86. The number of halogens is 1. The van der Waals surface area contributed by atoms with Crippen molar-refractivity contribution in [3.8, 4) is 6.07 Å². The van der Waals surface area contributed by atoms with Crippen LogP contribution in [-0.2, 0) is 9.84 Å². The van der Waals surface area contributed by atoms with E-state index in [1.807, 2.05) is 0 Å². The fraction of sp³-hybridized carbons (Fsp3) is 0.300. The van der Waals surface area contributed by atoms with Crippen LogP contribution >= 0.6 is 0 Å². The van der Waals surface area contributed by atoms with E-state index in [4.69, 9.17) is 5.26 Å². The number of sulfone groups is 1.